The van der Waals surface area contributed by atoms with Gasteiger partial charge >= 0.3 is 0 Å². The maximum Gasteiger partial charge on any atom is 0.203 e. The molecular weight excluding hydrogens is 266 g/mol. The molecular formula is C17H21NO3. The lowest BCUT2D eigenvalue weighted by Crippen LogP contribution is -2.12. The van der Waals surface area contributed by atoms with Gasteiger partial charge in [0.2, 0.25) is 5.75 Å². The van der Waals surface area contributed by atoms with Gasteiger partial charge in [-0.05, 0) is 30.2 Å². The van der Waals surface area contributed by atoms with Crippen LogP contribution in [0.5, 0.6) is 17.2 Å². The van der Waals surface area contributed by atoms with Crippen molar-refractivity contribution in [1.29, 1.82) is 0 Å². The summed E-state index contributed by atoms with van der Waals surface area (Å²) in [6.07, 6.45) is 0. The molecule has 0 amide bonds. The van der Waals surface area contributed by atoms with E-state index in [2.05, 4.69) is 6.07 Å². The molecule has 0 radical (unpaired) electrons. The standard InChI is InChI=1S/C17H21NO3/c1-11-6-5-7-12(8-11)16(18)13-9-14(19-2)17(21-4)15(10-13)20-3/h5-10,16H,18H2,1-4H3. The van der Waals surface area contributed by atoms with E-state index in [9.17, 15) is 0 Å². The summed E-state index contributed by atoms with van der Waals surface area (Å²) in [5.74, 6) is 1.78. The molecule has 0 saturated heterocycles. The molecule has 1 unspecified atom stereocenters. The van der Waals surface area contributed by atoms with Crippen LogP contribution >= 0.6 is 0 Å². The summed E-state index contributed by atoms with van der Waals surface area (Å²) in [6.45, 7) is 2.05. The Balaban J connectivity index is 2.48. The summed E-state index contributed by atoms with van der Waals surface area (Å²) in [7, 11) is 4.78. The Bertz CT molecular complexity index is 600. The van der Waals surface area contributed by atoms with Gasteiger partial charge in [0.1, 0.15) is 0 Å². The zero-order chi connectivity index (χ0) is 15.4. The Hall–Kier alpha value is -2.20. The largest absolute Gasteiger partial charge is 0.493 e. The van der Waals surface area contributed by atoms with E-state index in [4.69, 9.17) is 19.9 Å². The summed E-state index contributed by atoms with van der Waals surface area (Å²) in [6, 6.07) is 11.7. The maximum atomic E-state index is 6.37. The third kappa shape index (κ3) is 3.11. The van der Waals surface area contributed by atoms with Gasteiger partial charge in [-0.2, -0.15) is 0 Å². The lowest BCUT2D eigenvalue weighted by Gasteiger charge is -2.18. The van der Waals surface area contributed by atoms with Gasteiger partial charge in [-0.3, -0.25) is 0 Å². The van der Waals surface area contributed by atoms with E-state index >= 15 is 0 Å². The molecule has 1 atom stereocenters. The SMILES string of the molecule is COc1cc(C(N)c2cccc(C)c2)cc(OC)c1OC. The Kier molecular flexibility index (Phi) is 4.70. The van der Waals surface area contributed by atoms with E-state index in [1.165, 1.54) is 5.56 Å². The van der Waals surface area contributed by atoms with Crippen LogP contribution in [0.15, 0.2) is 36.4 Å². The normalized spacial score (nSPS) is 11.9. The molecule has 21 heavy (non-hydrogen) atoms. The number of methoxy groups -OCH3 is 3. The molecule has 0 heterocycles. The van der Waals surface area contributed by atoms with E-state index < -0.39 is 0 Å². The highest BCUT2D eigenvalue weighted by molar-refractivity contribution is 5.55. The number of ether oxygens (including phenoxy) is 3. The first-order chi connectivity index (χ1) is 10.1. The lowest BCUT2D eigenvalue weighted by atomic mass is 9.97. The monoisotopic (exact) mass is 287 g/mol. The van der Waals surface area contributed by atoms with Gasteiger partial charge in [0.25, 0.3) is 0 Å². The Morgan fingerprint density at radius 2 is 1.48 bits per heavy atom. The first kappa shape index (κ1) is 15.2. The van der Waals surface area contributed by atoms with Gasteiger partial charge in [-0.15, -0.1) is 0 Å². The Morgan fingerprint density at radius 1 is 0.857 bits per heavy atom. The van der Waals surface area contributed by atoms with Gasteiger partial charge in [0.05, 0.1) is 27.4 Å². The van der Waals surface area contributed by atoms with Crippen molar-refractivity contribution in [2.24, 2.45) is 5.73 Å². The molecule has 0 saturated carbocycles. The molecule has 2 aromatic rings. The second-order valence-electron chi connectivity index (χ2n) is 4.85. The summed E-state index contributed by atoms with van der Waals surface area (Å²) >= 11 is 0. The fraction of sp³-hybridized carbons (Fsp3) is 0.294. The number of hydrogen-bond acceptors (Lipinski definition) is 4. The van der Waals surface area contributed by atoms with Crippen molar-refractivity contribution < 1.29 is 14.2 Å². The maximum absolute atomic E-state index is 6.37. The zero-order valence-corrected chi connectivity index (χ0v) is 12.8. The summed E-state index contributed by atoms with van der Waals surface area (Å²) in [5, 5.41) is 0. The average molecular weight is 287 g/mol. The molecule has 0 fully saturated rings. The van der Waals surface area contributed by atoms with E-state index in [-0.39, 0.29) is 6.04 Å². The summed E-state index contributed by atoms with van der Waals surface area (Å²) in [4.78, 5) is 0. The molecule has 2 aromatic carbocycles. The average Bonchev–Trinajstić information content (AvgIpc) is 2.52. The summed E-state index contributed by atoms with van der Waals surface area (Å²) in [5.41, 5.74) is 9.51. The first-order valence-electron chi connectivity index (χ1n) is 6.72. The van der Waals surface area contributed by atoms with E-state index in [0.29, 0.717) is 17.2 Å². The highest BCUT2D eigenvalue weighted by atomic mass is 16.5. The van der Waals surface area contributed by atoms with Crippen molar-refractivity contribution >= 4 is 0 Å². The molecule has 0 aromatic heterocycles. The molecule has 2 N–H and O–H groups in total. The van der Waals surface area contributed by atoms with Crippen LogP contribution in [0, 0.1) is 6.92 Å². The molecule has 2 rings (SSSR count). The molecule has 112 valence electrons. The van der Waals surface area contributed by atoms with Crippen molar-refractivity contribution in [3.05, 3.63) is 53.1 Å². The molecule has 0 aliphatic heterocycles. The number of nitrogens with two attached hydrogens (primary N) is 1. The van der Waals surface area contributed by atoms with Crippen molar-refractivity contribution in [3.63, 3.8) is 0 Å². The lowest BCUT2D eigenvalue weighted by molar-refractivity contribution is 0.323. The predicted molar refractivity (Wildman–Crippen MR) is 83.3 cm³/mol. The minimum Gasteiger partial charge on any atom is -0.493 e. The molecule has 0 bridgehead atoms. The molecule has 4 nitrogen and oxygen atoms in total. The van der Waals surface area contributed by atoms with Crippen LogP contribution in [0.3, 0.4) is 0 Å². The van der Waals surface area contributed by atoms with Gasteiger partial charge in [-0.25, -0.2) is 0 Å². The second-order valence-corrected chi connectivity index (χ2v) is 4.85. The van der Waals surface area contributed by atoms with Crippen LogP contribution in [0.1, 0.15) is 22.7 Å². The molecule has 4 heteroatoms. The van der Waals surface area contributed by atoms with Crippen molar-refractivity contribution in [3.8, 4) is 17.2 Å². The van der Waals surface area contributed by atoms with Crippen molar-refractivity contribution in [1.82, 2.24) is 0 Å². The van der Waals surface area contributed by atoms with Crippen molar-refractivity contribution in [2.75, 3.05) is 21.3 Å². The number of rotatable bonds is 5. The fourth-order valence-corrected chi connectivity index (χ4v) is 2.34. The third-order valence-electron chi connectivity index (χ3n) is 3.45. The second kappa shape index (κ2) is 6.50. The predicted octanol–water partition coefficient (Wildman–Crippen LogP) is 3.07. The first-order valence-corrected chi connectivity index (χ1v) is 6.72. The van der Waals surface area contributed by atoms with Crippen LogP contribution in [0.4, 0.5) is 0 Å². The Labute approximate surface area is 125 Å². The zero-order valence-electron chi connectivity index (χ0n) is 12.8. The van der Waals surface area contributed by atoms with Gasteiger partial charge in [-0.1, -0.05) is 29.8 Å². The topological polar surface area (TPSA) is 53.7 Å². The van der Waals surface area contributed by atoms with E-state index in [1.807, 2.05) is 37.3 Å². The van der Waals surface area contributed by atoms with Crippen LogP contribution < -0.4 is 19.9 Å². The number of benzene rings is 2. The van der Waals surface area contributed by atoms with Gasteiger partial charge in [0.15, 0.2) is 11.5 Å². The van der Waals surface area contributed by atoms with E-state index in [0.717, 1.165) is 11.1 Å². The van der Waals surface area contributed by atoms with Crippen LogP contribution in [0.2, 0.25) is 0 Å². The minimum atomic E-state index is -0.251. The molecule has 0 aliphatic rings. The number of hydrogen-bond donors (Lipinski definition) is 1. The van der Waals surface area contributed by atoms with Crippen molar-refractivity contribution in [2.45, 2.75) is 13.0 Å². The third-order valence-corrected chi connectivity index (χ3v) is 3.45. The van der Waals surface area contributed by atoms with E-state index in [1.54, 1.807) is 21.3 Å². The summed E-state index contributed by atoms with van der Waals surface area (Å²) < 4.78 is 16.1. The fourth-order valence-electron chi connectivity index (χ4n) is 2.34. The van der Waals surface area contributed by atoms with Gasteiger partial charge < -0.3 is 19.9 Å². The highest BCUT2D eigenvalue weighted by Crippen LogP contribution is 2.40. The highest BCUT2D eigenvalue weighted by Gasteiger charge is 2.17. The molecule has 0 aliphatic carbocycles. The smallest absolute Gasteiger partial charge is 0.203 e. The Morgan fingerprint density at radius 3 is 1.95 bits per heavy atom. The quantitative estimate of drug-likeness (QED) is 0.918. The minimum absolute atomic E-state index is 0.251. The van der Waals surface area contributed by atoms with Crippen LogP contribution in [-0.2, 0) is 0 Å². The molecule has 0 spiro atoms. The van der Waals surface area contributed by atoms with Crippen LogP contribution in [-0.4, -0.2) is 21.3 Å². The number of aryl methyl sites for hydroxylation is 1. The van der Waals surface area contributed by atoms with Gasteiger partial charge in [0, 0.05) is 0 Å². The van der Waals surface area contributed by atoms with Crippen LogP contribution in [0.25, 0.3) is 0 Å².